The molecular formula is C19H22FN3O4. The summed E-state index contributed by atoms with van der Waals surface area (Å²) >= 11 is 0. The van der Waals surface area contributed by atoms with Crippen molar-refractivity contribution in [1.29, 1.82) is 0 Å². The van der Waals surface area contributed by atoms with Gasteiger partial charge in [0.1, 0.15) is 23.1 Å². The first-order chi connectivity index (χ1) is 13.1. The average Bonchev–Trinajstić information content (AvgIpc) is 2.73. The minimum Gasteiger partial charge on any atom is -0.496 e. The highest BCUT2D eigenvalue weighted by Crippen LogP contribution is 2.31. The van der Waals surface area contributed by atoms with Crippen LogP contribution in [0.1, 0.15) is 16.8 Å². The minimum absolute atomic E-state index is 0.00989. The first kappa shape index (κ1) is 19.0. The minimum atomic E-state index is -0.736. The van der Waals surface area contributed by atoms with E-state index in [1.807, 2.05) is 4.90 Å². The zero-order valence-corrected chi connectivity index (χ0v) is 15.4. The van der Waals surface area contributed by atoms with Crippen molar-refractivity contribution in [2.24, 2.45) is 4.99 Å². The molecule has 1 amide bonds. The number of benzene rings is 1. The summed E-state index contributed by atoms with van der Waals surface area (Å²) in [5.74, 6) is -1.04. The molecule has 0 saturated carbocycles. The van der Waals surface area contributed by atoms with Crippen LogP contribution in [-0.2, 0) is 4.79 Å². The highest BCUT2D eigenvalue weighted by molar-refractivity contribution is 5.98. The van der Waals surface area contributed by atoms with Gasteiger partial charge in [-0.3, -0.25) is 14.7 Å². The van der Waals surface area contributed by atoms with Gasteiger partial charge in [-0.25, -0.2) is 4.39 Å². The van der Waals surface area contributed by atoms with Gasteiger partial charge in [0.25, 0.3) is 5.91 Å². The Morgan fingerprint density at radius 1 is 1.19 bits per heavy atom. The van der Waals surface area contributed by atoms with Crippen LogP contribution >= 0.6 is 0 Å². The maximum atomic E-state index is 14.7. The molecule has 0 aliphatic carbocycles. The van der Waals surface area contributed by atoms with Crippen LogP contribution in [0.4, 0.5) is 4.39 Å². The first-order valence-electron chi connectivity index (χ1n) is 8.67. The molecule has 3 rings (SSSR count). The molecule has 1 atom stereocenters. The second-order valence-electron chi connectivity index (χ2n) is 6.40. The van der Waals surface area contributed by atoms with Crippen LogP contribution in [0.3, 0.4) is 0 Å². The van der Waals surface area contributed by atoms with Crippen molar-refractivity contribution < 1.29 is 23.5 Å². The van der Waals surface area contributed by atoms with Crippen molar-refractivity contribution in [2.75, 3.05) is 40.4 Å². The highest BCUT2D eigenvalue weighted by Gasteiger charge is 2.38. The Hall–Kier alpha value is -2.74. The topological polar surface area (TPSA) is 71.4 Å². The lowest BCUT2D eigenvalue weighted by atomic mass is 9.93. The maximum Gasteiger partial charge on any atom is 0.260 e. The first-order valence-corrected chi connectivity index (χ1v) is 8.67. The molecule has 27 heavy (non-hydrogen) atoms. The number of nitrogens with zero attached hydrogens (tertiary/aromatic N) is 3. The molecule has 2 aliphatic heterocycles. The molecule has 2 heterocycles. The van der Waals surface area contributed by atoms with Crippen molar-refractivity contribution in [2.45, 2.75) is 12.0 Å². The number of methoxy groups -OCH3 is 2. The molecule has 144 valence electrons. The number of carbonyl (C=O) groups excluding carboxylic acids is 2. The van der Waals surface area contributed by atoms with Gasteiger partial charge in [0, 0.05) is 45.0 Å². The van der Waals surface area contributed by atoms with Crippen LogP contribution < -0.4 is 9.47 Å². The Labute approximate surface area is 157 Å². The third kappa shape index (κ3) is 3.44. The molecule has 0 N–H and O–H groups in total. The van der Waals surface area contributed by atoms with Crippen molar-refractivity contribution >= 4 is 18.4 Å². The third-order valence-corrected chi connectivity index (χ3v) is 5.05. The fourth-order valence-corrected chi connectivity index (χ4v) is 3.45. The number of amides is 1. The molecule has 8 heteroatoms. The molecule has 7 nitrogen and oxygen atoms in total. The third-order valence-electron chi connectivity index (χ3n) is 5.05. The van der Waals surface area contributed by atoms with Crippen LogP contribution in [0.5, 0.6) is 11.5 Å². The van der Waals surface area contributed by atoms with Gasteiger partial charge in [-0.05, 0) is 18.2 Å². The van der Waals surface area contributed by atoms with Gasteiger partial charge in [-0.2, -0.15) is 0 Å². The monoisotopic (exact) mass is 375 g/mol. The summed E-state index contributed by atoms with van der Waals surface area (Å²) in [4.78, 5) is 32.2. The summed E-state index contributed by atoms with van der Waals surface area (Å²) in [5, 5.41) is 0. The molecule has 0 radical (unpaired) electrons. The molecule has 2 aliphatic rings. The maximum absolute atomic E-state index is 14.7. The number of aliphatic imine (C=N–C) groups is 1. The van der Waals surface area contributed by atoms with E-state index >= 15 is 0 Å². The SMILES string of the molecule is COc1ccc(OC)c(C(=O)N2CCN(C3(C=O)C=CN=CC3)CC2)c1F. The predicted octanol–water partition coefficient (Wildman–Crippen LogP) is 1.53. The molecule has 1 aromatic carbocycles. The summed E-state index contributed by atoms with van der Waals surface area (Å²) in [6.07, 6.45) is 6.52. The Bertz CT molecular complexity index is 787. The van der Waals surface area contributed by atoms with E-state index < -0.39 is 17.3 Å². The van der Waals surface area contributed by atoms with Crippen molar-refractivity contribution in [1.82, 2.24) is 9.80 Å². The summed E-state index contributed by atoms with van der Waals surface area (Å²) < 4.78 is 24.8. The molecule has 0 spiro atoms. The van der Waals surface area contributed by atoms with Gasteiger partial charge in [0.15, 0.2) is 11.6 Å². The van der Waals surface area contributed by atoms with Gasteiger partial charge in [-0.1, -0.05) is 0 Å². The quantitative estimate of drug-likeness (QED) is 0.730. The van der Waals surface area contributed by atoms with Crippen molar-refractivity contribution in [3.63, 3.8) is 0 Å². The molecule has 1 saturated heterocycles. The lowest BCUT2D eigenvalue weighted by molar-refractivity contribution is -0.116. The van der Waals surface area contributed by atoms with Crippen LogP contribution in [0.25, 0.3) is 0 Å². The number of rotatable bonds is 5. The zero-order valence-electron chi connectivity index (χ0n) is 15.4. The number of aldehydes is 1. The summed E-state index contributed by atoms with van der Waals surface area (Å²) in [5.41, 5.74) is -0.865. The van der Waals surface area contributed by atoms with Crippen LogP contribution in [0.2, 0.25) is 0 Å². The Morgan fingerprint density at radius 2 is 1.85 bits per heavy atom. The van der Waals surface area contributed by atoms with E-state index in [2.05, 4.69) is 4.99 Å². The molecular weight excluding hydrogens is 353 g/mol. The number of piperazine rings is 1. The zero-order chi connectivity index (χ0) is 19.4. The van der Waals surface area contributed by atoms with E-state index in [-0.39, 0.29) is 17.1 Å². The van der Waals surface area contributed by atoms with E-state index in [9.17, 15) is 14.0 Å². The van der Waals surface area contributed by atoms with E-state index in [0.717, 1.165) is 6.29 Å². The predicted molar refractivity (Wildman–Crippen MR) is 98.0 cm³/mol. The Kier molecular flexibility index (Phi) is 5.55. The lowest BCUT2D eigenvalue weighted by Crippen LogP contribution is -2.58. The molecule has 0 bridgehead atoms. The van der Waals surface area contributed by atoms with Crippen LogP contribution in [0.15, 0.2) is 29.4 Å². The smallest absolute Gasteiger partial charge is 0.260 e. The summed E-state index contributed by atoms with van der Waals surface area (Å²) in [7, 11) is 2.73. The number of halogens is 1. The van der Waals surface area contributed by atoms with Crippen LogP contribution in [0, 0.1) is 5.82 Å². The van der Waals surface area contributed by atoms with Crippen molar-refractivity contribution in [3.05, 3.63) is 35.8 Å². The average molecular weight is 375 g/mol. The molecule has 1 unspecified atom stereocenters. The number of ether oxygens (including phenoxy) is 2. The van der Waals surface area contributed by atoms with Gasteiger partial charge >= 0.3 is 0 Å². The van der Waals surface area contributed by atoms with Gasteiger partial charge < -0.3 is 19.2 Å². The Balaban J connectivity index is 1.77. The lowest BCUT2D eigenvalue weighted by Gasteiger charge is -2.43. The van der Waals surface area contributed by atoms with E-state index in [1.165, 1.54) is 26.4 Å². The van der Waals surface area contributed by atoms with E-state index in [1.54, 1.807) is 23.4 Å². The molecule has 1 aromatic rings. The standard InChI is InChI=1S/C19H22FN3O4/c1-26-14-3-4-15(27-2)17(20)16(14)18(25)22-9-11-23(12-10-22)19(13-24)5-7-21-8-6-19/h3-5,7-8,13H,6,9-12H2,1-2H3. The second-order valence-corrected chi connectivity index (χ2v) is 6.40. The van der Waals surface area contributed by atoms with Crippen LogP contribution in [-0.4, -0.2) is 74.1 Å². The fraction of sp³-hybridized carbons (Fsp3) is 0.421. The molecule has 1 fully saturated rings. The van der Waals surface area contributed by atoms with Crippen molar-refractivity contribution in [3.8, 4) is 11.5 Å². The van der Waals surface area contributed by atoms with Gasteiger partial charge in [-0.15, -0.1) is 0 Å². The summed E-state index contributed by atoms with van der Waals surface area (Å²) in [6, 6.07) is 2.94. The number of hydrogen-bond acceptors (Lipinski definition) is 6. The van der Waals surface area contributed by atoms with Gasteiger partial charge in [0.05, 0.1) is 14.2 Å². The van der Waals surface area contributed by atoms with E-state index in [0.29, 0.717) is 32.6 Å². The summed E-state index contributed by atoms with van der Waals surface area (Å²) in [6.45, 7) is 1.74. The Morgan fingerprint density at radius 3 is 2.41 bits per heavy atom. The van der Waals surface area contributed by atoms with E-state index in [4.69, 9.17) is 9.47 Å². The fourth-order valence-electron chi connectivity index (χ4n) is 3.45. The highest BCUT2D eigenvalue weighted by atomic mass is 19.1. The largest absolute Gasteiger partial charge is 0.496 e. The van der Waals surface area contributed by atoms with Gasteiger partial charge in [0.2, 0.25) is 0 Å². The normalized spacial score (nSPS) is 22.6. The number of carbonyl (C=O) groups is 2. The number of hydrogen-bond donors (Lipinski definition) is 0. The molecule has 0 aromatic heterocycles. The second kappa shape index (κ2) is 7.87.